The van der Waals surface area contributed by atoms with Gasteiger partial charge in [0.05, 0.1) is 35.5 Å². The number of carbonyl (C=O) groups is 1. The Morgan fingerprint density at radius 2 is 2.03 bits per heavy atom. The van der Waals surface area contributed by atoms with Crippen molar-refractivity contribution in [3.05, 3.63) is 46.3 Å². The molecule has 2 aromatic rings. The van der Waals surface area contributed by atoms with E-state index in [2.05, 4.69) is 5.10 Å². The lowest BCUT2D eigenvalue weighted by Crippen LogP contribution is -2.57. The number of benzene rings is 1. The van der Waals surface area contributed by atoms with Gasteiger partial charge in [0, 0.05) is 51.6 Å². The Hall–Kier alpha value is -3.06. The zero-order valence-corrected chi connectivity index (χ0v) is 19.2. The van der Waals surface area contributed by atoms with Gasteiger partial charge in [-0.05, 0) is 44.0 Å². The number of rotatable bonds is 6. The van der Waals surface area contributed by atoms with Crippen molar-refractivity contribution in [2.24, 2.45) is 7.05 Å². The van der Waals surface area contributed by atoms with Crippen molar-refractivity contribution < 1.29 is 22.7 Å². The Balaban J connectivity index is 1.74. The van der Waals surface area contributed by atoms with E-state index in [9.17, 15) is 18.0 Å². The van der Waals surface area contributed by atoms with Gasteiger partial charge in [0.15, 0.2) is 0 Å². The van der Waals surface area contributed by atoms with Crippen LogP contribution in [0.5, 0.6) is 0 Å². The fourth-order valence-electron chi connectivity index (χ4n) is 4.37. The Kier molecular flexibility index (Phi) is 7.32. The number of aryl methyl sites for hydroxylation is 2. The average Bonchev–Trinajstić information content (AvgIpc) is 3.02. The molecular weight excluding hydrogens is 435 g/mol. The Bertz CT molecular complexity index is 1060. The summed E-state index contributed by atoms with van der Waals surface area (Å²) in [5.74, 6) is -0.0184. The minimum atomic E-state index is -4.62. The molecule has 1 aromatic carbocycles. The van der Waals surface area contributed by atoms with E-state index in [0.29, 0.717) is 38.2 Å². The van der Waals surface area contributed by atoms with Crippen LogP contribution in [0.3, 0.4) is 0 Å². The number of alkyl halides is 3. The van der Waals surface area contributed by atoms with Crippen LogP contribution in [0.2, 0.25) is 0 Å². The van der Waals surface area contributed by atoms with Gasteiger partial charge < -0.3 is 14.5 Å². The summed E-state index contributed by atoms with van der Waals surface area (Å²) in [6.07, 6.45) is -3.72. The van der Waals surface area contributed by atoms with Gasteiger partial charge in [-0.25, -0.2) is 0 Å². The smallest absolute Gasteiger partial charge is 0.382 e. The first-order valence-corrected chi connectivity index (χ1v) is 10.7. The summed E-state index contributed by atoms with van der Waals surface area (Å²) in [6, 6.07) is 5.03. The SMILES string of the molecule is COCC1CN(c2ccc(C#N)c(C(F)(F)F)c2)CCN1C(=O)CCc1c(C)nn(C)c1C. The molecule has 1 amide bonds. The highest BCUT2D eigenvalue weighted by Gasteiger charge is 2.35. The van der Waals surface area contributed by atoms with Crippen LogP contribution < -0.4 is 4.90 Å². The Morgan fingerprint density at radius 3 is 2.61 bits per heavy atom. The number of nitriles is 1. The van der Waals surface area contributed by atoms with Gasteiger partial charge in [0.25, 0.3) is 0 Å². The fraction of sp³-hybridized carbons (Fsp3) is 0.522. The molecule has 0 saturated carbocycles. The number of hydrogen-bond acceptors (Lipinski definition) is 5. The predicted molar refractivity (Wildman–Crippen MR) is 117 cm³/mol. The number of carbonyl (C=O) groups excluding carboxylic acids is 1. The number of nitrogens with zero attached hydrogens (tertiary/aromatic N) is 5. The van der Waals surface area contributed by atoms with Gasteiger partial charge >= 0.3 is 6.18 Å². The fourth-order valence-corrected chi connectivity index (χ4v) is 4.37. The van der Waals surface area contributed by atoms with Crippen molar-refractivity contribution in [1.82, 2.24) is 14.7 Å². The standard InChI is InChI=1S/C23H28F3N5O2/c1-15-20(16(2)29(3)28-15)7-8-22(32)31-10-9-30(13-19(31)14-33-4)18-6-5-17(12-27)21(11-18)23(24,25)26/h5-6,11,19H,7-10,13-14H2,1-4H3. The van der Waals surface area contributed by atoms with E-state index >= 15 is 0 Å². The van der Waals surface area contributed by atoms with E-state index in [1.807, 2.05) is 20.9 Å². The van der Waals surface area contributed by atoms with Crippen molar-refractivity contribution >= 4 is 11.6 Å². The second kappa shape index (κ2) is 9.83. The summed E-state index contributed by atoms with van der Waals surface area (Å²) in [5.41, 5.74) is 2.00. The van der Waals surface area contributed by atoms with E-state index in [-0.39, 0.29) is 18.6 Å². The predicted octanol–water partition coefficient (Wildman–Crippen LogP) is 3.22. The molecule has 1 aromatic heterocycles. The topological polar surface area (TPSA) is 74.4 Å². The third-order valence-corrected chi connectivity index (χ3v) is 6.20. The number of ether oxygens (including phenoxy) is 1. The molecule has 1 atom stereocenters. The third kappa shape index (κ3) is 5.30. The van der Waals surface area contributed by atoms with Crippen LogP contribution >= 0.6 is 0 Å². The molecule has 0 radical (unpaired) electrons. The molecule has 0 bridgehead atoms. The van der Waals surface area contributed by atoms with Crippen molar-refractivity contribution in [2.75, 3.05) is 38.3 Å². The summed E-state index contributed by atoms with van der Waals surface area (Å²) in [7, 11) is 3.41. The van der Waals surface area contributed by atoms with Gasteiger partial charge in [0.2, 0.25) is 5.91 Å². The van der Waals surface area contributed by atoms with E-state index in [0.717, 1.165) is 23.0 Å². The number of aromatic nitrogens is 2. The molecule has 0 spiro atoms. The zero-order valence-electron chi connectivity index (χ0n) is 19.2. The van der Waals surface area contributed by atoms with E-state index in [1.165, 1.54) is 19.2 Å². The van der Waals surface area contributed by atoms with Crippen LogP contribution in [0.15, 0.2) is 18.2 Å². The average molecular weight is 464 g/mol. The third-order valence-electron chi connectivity index (χ3n) is 6.20. The minimum absolute atomic E-state index is 0.0184. The van der Waals surface area contributed by atoms with Crippen LogP contribution in [0.1, 0.15) is 34.5 Å². The molecule has 3 rings (SSSR count). The normalized spacial score (nSPS) is 16.7. The Labute approximate surface area is 191 Å². The lowest BCUT2D eigenvalue weighted by molar-refractivity contribution is -0.137. The van der Waals surface area contributed by atoms with Gasteiger partial charge in [-0.2, -0.15) is 23.5 Å². The number of hydrogen-bond donors (Lipinski definition) is 0. The first kappa shape index (κ1) is 24.6. The highest BCUT2D eigenvalue weighted by molar-refractivity contribution is 5.77. The van der Waals surface area contributed by atoms with Crippen LogP contribution in [-0.4, -0.2) is 60.0 Å². The number of piperazine rings is 1. The number of amides is 1. The van der Waals surface area contributed by atoms with Crippen LogP contribution in [0, 0.1) is 25.2 Å². The summed E-state index contributed by atoms with van der Waals surface area (Å²) >= 11 is 0. The van der Waals surface area contributed by atoms with Crippen molar-refractivity contribution in [3.8, 4) is 6.07 Å². The zero-order chi connectivity index (χ0) is 24.3. The maximum atomic E-state index is 13.4. The summed E-state index contributed by atoms with van der Waals surface area (Å²) in [5, 5.41) is 13.4. The van der Waals surface area contributed by atoms with Gasteiger partial charge in [0.1, 0.15) is 0 Å². The van der Waals surface area contributed by atoms with Crippen molar-refractivity contribution in [2.45, 2.75) is 38.9 Å². The summed E-state index contributed by atoms with van der Waals surface area (Å²) in [6.45, 7) is 5.27. The number of halogens is 3. The highest BCUT2D eigenvalue weighted by Crippen LogP contribution is 2.35. The molecule has 33 heavy (non-hydrogen) atoms. The summed E-state index contributed by atoms with van der Waals surface area (Å²) in [4.78, 5) is 16.6. The molecule has 1 saturated heterocycles. The van der Waals surface area contributed by atoms with Gasteiger partial charge in [-0.15, -0.1) is 0 Å². The first-order chi connectivity index (χ1) is 15.6. The lowest BCUT2D eigenvalue weighted by Gasteiger charge is -2.42. The largest absolute Gasteiger partial charge is 0.417 e. The minimum Gasteiger partial charge on any atom is -0.382 e. The number of anilines is 1. The molecule has 1 unspecified atom stereocenters. The van der Waals surface area contributed by atoms with Crippen molar-refractivity contribution in [3.63, 3.8) is 0 Å². The van der Waals surface area contributed by atoms with Gasteiger partial charge in [-0.1, -0.05) is 0 Å². The molecule has 2 heterocycles. The highest BCUT2D eigenvalue weighted by atomic mass is 19.4. The summed E-state index contributed by atoms with van der Waals surface area (Å²) < 4.78 is 47.3. The van der Waals surface area contributed by atoms with Gasteiger partial charge in [-0.3, -0.25) is 9.48 Å². The lowest BCUT2D eigenvalue weighted by atomic mass is 10.0. The van der Waals surface area contributed by atoms with Crippen LogP contribution in [-0.2, 0) is 29.2 Å². The number of methoxy groups -OCH3 is 1. The first-order valence-electron chi connectivity index (χ1n) is 10.7. The molecule has 1 fully saturated rings. The second-order valence-electron chi connectivity index (χ2n) is 8.25. The second-order valence-corrected chi connectivity index (χ2v) is 8.25. The maximum absolute atomic E-state index is 13.4. The molecule has 178 valence electrons. The molecule has 7 nitrogen and oxygen atoms in total. The van der Waals surface area contributed by atoms with E-state index in [1.54, 1.807) is 20.6 Å². The molecule has 0 aliphatic carbocycles. The molecular formula is C23H28F3N5O2. The van der Waals surface area contributed by atoms with E-state index < -0.39 is 17.3 Å². The maximum Gasteiger partial charge on any atom is 0.417 e. The van der Waals surface area contributed by atoms with Crippen molar-refractivity contribution in [1.29, 1.82) is 5.26 Å². The van der Waals surface area contributed by atoms with Crippen LogP contribution in [0.4, 0.5) is 18.9 Å². The molecule has 1 aliphatic heterocycles. The van der Waals surface area contributed by atoms with Crippen LogP contribution in [0.25, 0.3) is 0 Å². The quantitative estimate of drug-likeness (QED) is 0.658. The molecule has 1 aliphatic rings. The molecule has 0 N–H and O–H groups in total. The Morgan fingerprint density at radius 1 is 1.30 bits per heavy atom. The molecule has 10 heteroatoms. The van der Waals surface area contributed by atoms with E-state index in [4.69, 9.17) is 10.00 Å². The monoisotopic (exact) mass is 463 g/mol.